The molecule has 6 nitrogen and oxygen atoms in total. The monoisotopic (exact) mass is 444 g/mol. The van der Waals surface area contributed by atoms with Crippen LogP contribution in [0, 0.1) is 6.92 Å². The van der Waals surface area contributed by atoms with Gasteiger partial charge in [-0.2, -0.15) is 0 Å². The summed E-state index contributed by atoms with van der Waals surface area (Å²) in [6.45, 7) is 4.48. The van der Waals surface area contributed by atoms with Crippen molar-refractivity contribution in [2.45, 2.75) is 44.3 Å². The van der Waals surface area contributed by atoms with Gasteiger partial charge in [-0.25, -0.2) is 8.42 Å². The number of hydrogen-bond acceptors (Lipinski definition) is 5. The van der Waals surface area contributed by atoms with Gasteiger partial charge in [0.15, 0.2) is 0 Å². The number of likely N-dealkylation sites (tertiary alicyclic amines) is 1. The van der Waals surface area contributed by atoms with E-state index in [4.69, 9.17) is 0 Å². The molecule has 0 amide bonds. The molecule has 2 N–H and O–H groups in total. The fourth-order valence-corrected chi connectivity index (χ4v) is 5.74. The smallest absolute Gasteiger partial charge is 0.232 e. The molecule has 1 atom stereocenters. The summed E-state index contributed by atoms with van der Waals surface area (Å²) < 4.78 is 25.6. The SMILES string of the molecule is Cc1ccc(C2(O)CCN(CC(O)c3ccc4c(c3)CCCN4S(C)(=O)=O)CC2)cc1. The third-order valence-electron chi connectivity index (χ3n) is 6.67. The Morgan fingerprint density at radius 1 is 1.06 bits per heavy atom. The summed E-state index contributed by atoms with van der Waals surface area (Å²) in [5, 5.41) is 21.9. The summed E-state index contributed by atoms with van der Waals surface area (Å²) in [5.74, 6) is 0. The molecule has 2 aromatic rings. The average Bonchev–Trinajstić information content (AvgIpc) is 2.74. The van der Waals surface area contributed by atoms with E-state index in [1.165, 1.54) is 16.1 Å². The first-order valence-electron chi connectivity index (χ1n) is 11.0. The second kappa shape index (κ2) is 8.54. The average molecular weight is 445 g/mol. The molecule has 0 aromatic heterocycles. The van der Waals surface area contributed by atoms with E-state index < -0.39 is 21.7 Å². The molecule has 1 unspecified atom stereocenters. The number of rotatable bonds is 5. The van der Waals surface area contributed by atoms with Crippen LogP contribution in [0.1, 0.15) is 47.6 Å². The van der Waals surface area contributed by atoms with Crippen molar-refractivity contribution in [1.29, 1.82) is 0 Å². The zero-order valence-electron chi connectivity index (χ0n) is 18.3. The molecule has 0 spiro atoms. The highest BCUT2D eigenvalue weighted by atomic mass is 32.2. The standard InChI is InChI=1S/C24H32N2O4S/c1-18-5-8-21(9-6-18)24(28)11-14-25(15-12-24)17-23(27)20-7-10-22-19(16-20)4-3-13-26(22)31(2,29)30/h5-10,16,23,27-28H,3-4,11-15,17H2,1-2H3. The van der Waals surface area contributed by atoms with Gasteiger partial charge in [0, 0.05) is 26.2 Å². The first kappa shape index (κ1) is 22.3. The molecule has 168 valence electrons. The predicted molar refractivity (Wildman–Crippen MR) is 123 cm³/mol. The molecule has 0 radical (unpaired) electrons. The van der Waals surface area contributed by atoms with Crippen molar-refractivity contribution in [3.63, 3.8) is 0 Å². The lowest BCUT2D eigenvalue weighted by atomic mass is 9.84. The maximum Gasteiger partial charge on any atom is 0.232 e. The predicted octanol–water partition coefficient (Wildman–Crippen LogP) is 2.72. The summed E-state index contributed by atoms with van der Waals surface area (Å²) in [5.41, 5.74) is 3.84. The van der Waals surface area contributed by atoms with Crippen LogP contribution in [0.15, 0.2) is 42.5 Å². The number of sulfonamides is 1. The fourth-order valence-electron chi connectivity index (χ4n) is 4.74. The maximum absolute atomic E-state index is 12.1. The van der Waals surface area contributed by atoms with Crippen LogP contribution in [-0.2, 0) is 22.0 Å². The Hall–Kier alpha value is -1.93. The molecular weight excluding hydrogens is 412 g/mol. The van der Waals surface area contributed by atoms with Crippen molar-refractivity contribution in [2.75, 3.05) is 36.7 Å². The Morgan fingerprint density at radius 2 is 1.74 bits per heavy atom. The van der Waals surface area contributed by atoms with Gasteiger partial charge in [0.1, 0.15) is 0 Å². The van der Waals surface area contributed by atoms with Crippen LogP contribution in [0.4, 0.5) is 5.69 Å². The molecule has 0 aliphatic carbocycles. The van der Waals surface area contributed by atoms with Crippen LogP contribution in [0.3, 0.4) is 0 Å². The topological polar surface area (TPSA) is 81.1 Å². The molecule has 7 heteroatoms. The van der Waals surface area contributed by atoms with E-state index in [-0.39, 0.29) is 0 Å². The van der Waals surface area contributed by atoms with Crippen molar-refractivity contribution in [2.24, 2.45) is 0 Å². The van der Waals surface area contributed by atoms with E-state index >= 15 is 0 Å². The van der Waals surface area contributed by atoms with Crippen molar-refractivity contribution >= 4 is 15.7 Å². The second-order valence-electron chi connectivity index (χ2n) is 9.04. The fraction of sp³-hybridized carbons (Fsp3) is 0.500. The number of fused-ring (bicyclic) bond motifs is 1. The molecule has 0 bridgehead atoms. The number of aryl methyl sites for hydroxylation is 2. The van der Waals surface area contributed by atoms with E-state index in [2.05, 4.69) is 4.90 Å². The van der Waals surface area contributed by atoms with Gasteiger partial charge in [-0.1, -0.05) is 42.0 Å². The molecule has 2 aliphatic heterocycles. The highest BCUT2D eigenvalue weighted by molar-refractivity contribution is 7.92. The highest BCUT2D eigenvalue weighted by Gasteiger charge is 2.34. The molecule has 2 aromatic carbocycles. The van der Waals surface area contributed by atoms with E-state index in [0.717, 1.165) is 35.2 Å². The van der Waals surface area contributed by atoms with Crippen LogP contribution < -0.4 is 4.31 Å². The lowest BCUT2D eigenvalue weighted by Gasteiger charge is -2.39. The summed E-state index contributed by atoms with van der Waals surface area (Å²) in [4.78, 5) is 2.19. The Balaban J connectivity index is 1.40. The quantitative estimate of drug-likeness (QED) is 0.741. The van der Waals surface area contributed by atoms with Crippen molar-refractivity contribution in [3.8, 4) is 0 Å². The largest absolute Gasteiger partial charge is 0.387 e. The molecular formula is C24H32N2O4S. The normalized spacial score (nSPS) is 20.3. The first-order valence-corrected chi connectivity index (χ1v) is 12.8. The van der Waals surface area contributed by atoms with Gasteiger partial charge in [0.25, 0.3) is 0 Å². The Bertz CT molecular complexity index is 1030. The summed E-state index contributed by atoms with van der Waals surface area (Å²) in [7, 11) is -3.29. The molecule has 31 heavy (non-hydrogen) atoms. The summed E-state index contributed by atoms with van der Waals surface area (Å²) in [6.07, 6.45) is 3.45. The number of nitrogens with zero attached hydrogens (tertiary/aromatic N) is 2. The second-order valence-corrected chi connectivity index (χ2v) is 10.9. The van der Waals surface area contributed by atoms with Crippen LogP contribution in [0.5, 0.6) is 0 Å². The molecule has 0 saturated carbocycles. The molecule has 2 aliphatic rings. The zero-order chi connectivity index (χ0) is 22.2. The minimum absolute atomic E-state index is 0.499. The van der Waals surface area contributed by atoms with Crippen LogP contribution in [0.25, 0.3) is 0 Å². The number of hydrogen-bond donors (Lipinski definition) is 2. The van der Waals surface area contributed by atoms with E-state index in [1.54, 1.807) is 0 Å². The van der Waals surface area contributed by atoms with Gasteiger partial charge in [0.2, 0.25) is 10.0 Å². The summed E-state index contributed by atoms with van der Waals surface area (Å²) >= 11 is 0. The highest BCUT2D eigenvalue weighted by Crippen LogP contribution is 2.35. The van der Waals surface area contributed by atoms with Crippen molar-refractivity contribution in [1.82, 2.24) is 4.90 Å². The van der Waals surface area contributed by atoms with Crippen molar-refractivity contribution in [3.05, 3.63) is 64.7 Å². The number of aliphatic hydroxyl groups is 2. The van der Waals surface area contributed by atoms with E-state index in [0.29, 0.717) is 39.0 Å². The number of aliphatic hydroxyl groups excluding tert-OH is 1. The molecule has 1 fully saturated rings. The Labute approximate surface area is 185 Å². The van der Waals surface area contributed by atoms with Crippen LogP contribution in [0.2, 0.25) is 0 Å². The van der Waals surface area contributed by atoms with Crippen molar-refractivity contribution < 1.29 is 18.6 Å². The van der Waals surface area contributed by atoms with E-state index in [9.17, 15) is 18.6 Å². The first-order chi connectivity index (χ1) is 14.7. The number of benzene rings is 2. The minimum atomic E-state index is -3.29. The molecule has 1 saturated heterocycles. The van der Waals surface area contributed by atoms with Crippen LogP contribution >= 0.6 is 0 Å². The van der Waals surface area contributed by atoms with Gasteiger partial charge in [-0.3, -0.25) is 4.31 Å². The van der Waals surface area contributed by atoms with Gasteiger partial charge in [-0.05, 0) is 55.4 Å². The van der Waals surface area contributed by atoms with Crippen LogP contribution in [-0.4, -0.2) is 56.0 Å². The minimum Gasteiger partial charge on any atom is -0.387 e. The third-order valence-corrected chi connectivity index (χ3v) is 7.85. The third kappa shape index (κ3) is 4.80. The van der Waals surface area contributed by atoms with Gasteiger partial charge >= 0.3 is 0 Å². The number of β-amino-alcohol motifs (C(OH)–C–C–N with tert-alkyl or cyclic N) is 1. The van der Waals surface area contributed by atoms with Gasteiger partial charge in [-0.15, -0.1) is 0 Å². The number of piperidine rings is 1. The Morgan fingerprint density at radius 3 is 2.39 bits per heavy atom. The van der Waals surface area contributed by atoms with Gasteiger partial charge < -0.3 is 15.1 Å². The molecule has 2 heterocycles. The lowest BCUT2D eigenvalue weighted by Crippen LogP contribution is -2.44. The lowest BCUT2D eigenvalue weighted by molar-refractivity contribution is -0.0344. The molecule has 4 rings (SSSR count). The zero-order valence-corrected chi connectivity index (χ0v) is 19.1. The maximum atomic E-state index is 12.1. The Kier molecular flexibility index (Phi) is 6.14. The van der Waals surface area contributed by atoms with E-state index in [1.807, 2.05) is 49.4 Å². The number of anilines is 1. The summed E-state index contributed by atoms with van der Waals surface area (Å²) in [6, 6.07) is 13.7. The van der Waals surface area contributed by atoms with Gasteiger partial charge in [0.05, 0.1) is 23.6 Å².